The maximum Gasteiger partial charge on any atom is 0.0133 e. The normalized spacial score (nSPS) is 11.2. The van der Waals surface area contributed by atoms with Gasteiger partial charge in [-0.2, -0.15) is 0 Å². The molecule has 9 heavy (non-hydrogen) atoms. The van der Waals surface area contributed by atoms with Crippen LogP contribution in [0.3, 0.4) is 0 Å². The third kappa shape index (κ3) is 4.55. The molecule has 0 heterocycles. The summed E-state index contributed by atoms with van der Waals surface area (Å²) in [5, 5.41) is 0. The summed E-state index contributed by atoms with van der Waals surface area (Å²) in [4.78, 5) is 0.744. The molecule has 0 atom stereocenters. The molecule has 0 unspecified atom stereocenters. The van der Waals surface area contributed by atoms with Crippen molar-refractivity contribution in [2.45, 2.75) is 6.92 Å². The SMILES string of the molecule is C=C(S)/C=C(/C)C(=C)Br. The van der Waals surface area contributed by atoms with Crippen molar-refractivity contribution in [3.8, 4) is 0 Å². The average molecular weight is 205 g/mol. The van der Waals surface area contributed by atoms with E-state index >= 15 is 0 Å². The van der Waals surface area contributed by atoms with Gasteiger partial charge in [0, 0.05) is 4.48 Å². The van der Waals surface area contributed by atoms with E-state index in [1.54, 1.807) is 0 Å². The van der Waals surface area contributed by atoms with E-state index in [1.807, 2.05) is 13.0 Å². The van der Waals surface area contributed by atoms with Crippen molar-refractivity contribution in [2.24, 2.45) is 0 Å². The van der Waals surface area contributed by atoms with Crippen molar-refractivity contribution >= 4 is 28.6 Å². The summed E-state index contributed by atoms with van der Waals surface area (Å²) in [7, 11) is 0. The quantitative estimate of drug-likeness (QED) is 0.519. The van der Waals surface area contributed by atoms with Crippen LogP contribution in [0.5, 0.6) is 0 Å². The second kappa shape index (κ2) is 3.96. The molecule has 0 saturated carbocycles. The molecule has 0 bridgehead atoms. The molecule has 0 rings (SSSR count). The lowest BCUT2D eigenvalue weighted by molar-refractivity contribution is 1.52. The summed E-state index contributed by atoms with van der Waals surface area (Å²) in [6.45, 7) is 9.23. The monoisotopic (exact) mass is 204 g/mol. The molecule has 0 amide bonds. The molecule has 0 aliphatic rings. The lowest BCUT2D eigenvalue weighted by Crippen LogP contribution is -1.71. The first-order valence-corrected chi connectivity index (χ1v) is 3.69. The van der Waals surface area contributed by atoms with Gasteiger partial charge in [-0.15, -0.1) is 12.6 Å². The molecular formula is C7H9BrS. The maximum atomic E-state index is 4.00. The van der Waals surface area contributed by atoms with Crippen LogP contribution in [0.4, 0.5) is 0 Å². The Morgan fingerprint density at radius 2 is 2.00 bits per heavy atom. The fraction of sp³-hybridized carbons (Fsp3) is 0.143. The number of thiol groups is 1. The van der Waals surface area contributed by atoms with Gasteiger partial charge in [-0.25, -0.2) is 0 Å². The fourth-order valence-electron chi connectivity index (χ4n) is 0.328. The molecule has 0 nitrogen and oxygen atoms in total. The Morgan fingerprint density at radius 1 is 1.56 bits per heavy atom. The van der Waals surface area contributed by atoms with E-state index in [2.05, 4.69) is 41.7 Å². The minimum Gasteiger partial charge on any atom is -0.144 e. The predicted molar refractivity (Wildman–Crippen MR) is 50.0 cm³/mol. The third-order valence-electron chi connectivity index (χ3n) is 0.811. The lowest BCUT2D eigenvalue weighted by atomic mass is 10.3. The summed E-state index contributed by atoms with van der Waals surface area (Å²) < 4.78 is 0.873. The van der Waals surface area contributed by atoms with Crippen LogP contribution >= 0.6 is 28.6 Å². The average Bonchev–Trinajstić information content (AvgIpc) is 1.63. The van der Waals surface area contributed by atoms with Crippen molar-refractivity contribution < 1.29 is 0 Å². The van der Waals surface area contributed by atoms with E-state index in [0.717, 1.165) is 15.0 Å². The highest BCUT2D eigenvalue weighted by Gasteiger charge is 1.88. The van der Waals surface area contributed by atoms with Gasteiger partial charge in [0.2, 0.25) is 0 Å². The summed E-state index contributed by atoms with van der Waals surface area (Å²) in [5.74, 6) is 0. The second-order valence-corrected chi connectivity index (χ2v) is 3.26. The Hall–Kier alpha value is 0.0500. The van der Waals surface area contributed by atoms with Crippen LogP contribution in [0, 0.1) is 0 Å². The smallest absolute Gasteiger partial charge is 0.0133 e. The minimum atomic E-state index is 0.744. The standard InChI is InChI=1S/C7H9BrS/c1-5(7(3)8)4-6(2)9/h4,9H,2-3H2,1H3/b5-4-. The molecule has 0 saturated heterocycles. The van der Waals surface area contributed by atoms with E-state index in [0.29, 0.717) is 0 Å². The molecule has 50 valence electrons. The summed E-state index contributed by atoms with van der Waals surface area (Å²) in [5.41, 5.74) is 1.05. The molecule has 0 fully saturated rings. The molecule has 0 N–H and O–H groups in total. The Balaban J connectivity index is 4.17. The van der Waals surface area contributed by atoms with Gasteiger partial charge in [0.25, 0.3) is 0 Å². The zero-order valence-electron chi connectivity index (χ0n) is 5.32. The molecule has 0 spiro atoms. The van der Waals surface area contributed by atoms with Gasteiger partial charge in [-0.1, -0.05) is 29.1 Å². The van der Waals surface area contributed by atoms with E-state index in [-0.39, 0.29) is 0 Å². The molecule has 0 aromatic carbocycles. The van der Waals surface area contributed by atoms with Gasteiger partial charge < -0.3 is 0 Å². The van der Waals surface area contributed by atoms with E-state index in [1.165, 1.54) is 0 Å². The zero-order valence-corrected chi connectivity index (χ0v) is 7.80. The van der Waals surface area contributed by atoms with Crippen LogP contribution in [0.15, 0.2) is 34.2 Å². The van der Waals surface area contributed by atoms with Crippen molar-refractivity contribution in [1.29, 1.82) is 0 Å². The van der Waals surface area contributed by atoms with E-state index in [4.69, 9.17) is 0 Å². The molecule has 0 aliphatic heterocycles. The van der Waals surface area contributed by atoms with Crippen LogP contribution in [0.1, 0.15) is 6.92 Å². The summed E-state index contributed by atoms with van der Waals surface area (Å²) >= 11 is 7.23. The minimum absolute atomic E-state index is 0.744. The number of hydrogen-bond acceptors (Lipinski definition) is 1. The van der Waals surface area contributed by atoms with Crippen LogP contribution < -0.4 is 0 Å². The van der Waals surface area contributed by atoms with Crippen molar-refractivity contribution in [3.63, 3.8) is 0 Å². The number of rotatable bonds is 2. The van der Waals surface area contributed by atoms with Crippen molar-refractivity contribution in [1.82, 2.24) is 0 Å². The Labute approximate surface area is 69.9 Å². The first kappa shape index (κ1) is 9.05. The predicted octanol–water partition coefficient (Wildman–Crippen LogP) is 3.28. The molecule has 2 heteroatoms. The van der Waals surface area contributed by atoms with Gasteiger partial charge in [0.1, 0.15) is 0 Å². The van der Waals surface area contributed by atoms with Crippen molar-refractivity contribution in [3.05, 3.63) is 34.2 Å². The summed E-state index contributed by atoms with van der Waals surface area (Å²) in [6, 6.07) is 0. The van der Waals surface area contributed by atoms with Crippen molar-refractivity contribution in [2.75, 3.05) is 0 Å². The van der Waals surface area contributed by atoms with Crippen LogP contribution in [0.25, 0.3) is 0 Å². The Morgan fingerprint density at radius 3 is 2.11 bits per heavy atom. The topological polar surface area (TPSA) is 0 Å². The molecule has 0 aromatic rings. The third-order valence-corrected chi connectivity index (χ3v) is 1.57. The zero-order chi connectivity index (χ0) is 7.44. The first-order valence-electron chi connectivity index (χ1n) is 2.45. The van der Waals surface area contributed by atoms with Gasteiger partial charge >= 0.3 is 0 Å². The molecular weight excluding hydrogens is 196 g/mol. The Bertz CT molecular complexity index is 168. The van der Waals surface area contributed by atoms with Gasteiger partial charge in [0.15, 0.2) is 0 Å². The van der Waals surface area contributed by atoms with E-state index < -0.39 is 0 Å². The Kier molecular flexibility index (Phi) is 3.98. The van der Waals surface area contributed by atoms with E-state index in [9.17, 15) is 0 Å². The highest BCUT2D eigenvalue weighted by atomic mass is 79.9. The maximum absolute atomic E-state index is 4.00. The van der Waals surface area contributed by atoms with Gasteiger partial charge in [-0.3, -0.25) is 0 Å². The largest absolute Gasteiger partial charge is 0.144 e. The molecule has 0 aliphatic carbocycles. The fourth-order valence-corrected chi connectivity index (χ4v) is 0.636. The molecule has 0 aromatic heterocycles. The highest BCUT2D eigenvalue weighted by Crippen LogP contribution is 2.15. The number of halogens is 1. The number of hydrogen-bond donors (Lipinski definition) is 1. The van der Waals surface area contributed by atoms with Crippen LogP contribution in [-0.2, 0) is 0 Å². The number of allylic oxidation sites excluding steroid dienone is 3. The molecule has 0 radical (unpaired) electrons. The van der Waals surface area contributed by atoms with Gasteiger partial charge in [-0.05, 0) is 23.5 Å². The highest BCUT2D eigenvalue weighted by molar-refractivity contribution is 9.11. The van der Waals surface area contributed by atoms with Crippen LogP contribution in [-0.4, -0.2) is 0 Å². The first-order chi connectivity index (χ1) is 4.04. The van der Waals surface area contributed by atoms with Crippen LogP contribution in [0.2, 0.25) is 0 Å². The lowest BCUT2D eigenvalue weighted by Gasteiger charge is -1.94. The van der Waals surface area contributed by atoms with Gasteiger partial charge in [0.05, 0.1) is 0 Å². The second-order valence-electron chi connectivity index (χ2n) is 1.72. The summed E-state index contributed by atoms with van der Waals surface area (Å²) in [6.07, 6.45) is 1.85.